The number of benzene rings is 3. The molecular formula is C31H31N5O4. The van der Waals surface area contributed by atoms with E-state index < -0.39 is 0 Å². The zero-order chi connectivity index (χ0) is 28.1. The zero-order valence-electron chi connectivity index (χ0n) is 22.5. The summed E-state index contributed by atoms with van der Waals surface area (Å²) in [6, 6.07) is 17.3. The number of amides is 1. The average Bonchev–Trinajstić information content (AvgIpc) is 3.01. The van der Waals surface area contributed by atoms with Crippen LogP contribution in [0.3, 0.4) is 0 Å². The van der Waals surface area contributed by atoms with Gasteiger partial charge in [-0.05, 0) is 54.3 Å². The van der Waals surface area contributed by atoms with E-state index in [4.69, 9.17) is 9.47 Å². The maximum atomic E-state index is 12.0. The molecular weight excluding hydrogens is 506 g/mol. The summed E-state index contributed by atoms with van der Waals surface area (Å²) in [5, 5.41) is 7.84. The van der Waals surface area contributed by atoms with E-state index in [1.165, 1.54) is 12.4 Å². The molecule has 0 bridgehead atoms. The van der Waals surface area contributed by atoms with Gasteiger partial charge in [0.05, 0.1) is 31.1 Å². The van der Waals surface area contributed by atoms with Crippen LogP contribution in [0.4, 0.5) is 17.2 Å². The second-order valence-corrected chi connectivity index (χ2v) is 9.52. The predicted molar refractivity (Wildman–Crippen MR) is 157 cm³/mol. The van der Waals surface area contributed by atoms with Crippen LogP contribution in [0, 0.1) is 0 Å². The summed E-state index contributed by atoms with van der Waals surface area (Å²) < 4.78 is 11.3. The lowest BCUT2D eigenvalue weighted by atomic mass is 10.0. The minimum atomic E-state index is -0.0365. The summed E-state index contributed by atoms with van der Waals surface area (Å²) in [4.78, 5) is 34.1. The molecule has 0 saturated carbocycles. The first-order chi connectivity index (χ1) is 19.5. The molecule has 1 aliphatic rings. The molecule has 0 unspecified atom stereocenters. The summed E-state index contributed by atoms with van der Waals surface area (Å²) >= 11 is 0. The molecule has 9 nitrogen and oxygen atoms in total. The summed E-state index contributed by atoms with van der Waals surface area (Å²) in [6.07, 6.45) is 5.33. The fourth-order valence-corrected chi connectivity index (χ4v) is 4.96. The van der Waals surface area contributed by atoms with Crippen molar-refractivity contribution in [3.63, 3.8) is 0 Å². The number of anilines is 3. The molecule has 1 saturated heterocycles. The fourth-order valence-electron chi connectivity index (χ4n) is 4.96. The Bertz CT molecular complexity index is 1560. The Balaban J connectivity index is 1.46. The van der Waals surface area contributed by atoms with Gasteiger partial charge in [-0.2, -0.15) is 0 Å². The van der Waals surface area contributed by atoms with E-state index in [0.29, 0.717) is 36.0 Å². The van der Waals surface area contributed by atoms with Crippen LogP contribution in [0.15, 0.2) is 73.6 Å². The van der Waals surface area contributed by atoms with Crippen molar-refractivity contribution in [2.45, 2.75) is 18.9 Å². The molecule has 0 spiro atoms. The first-order valence-corrected chi connectivity index (χ1v) is 13.0. The van der Waals surface area contributed by atoms with Crippen molar-refractivity contribution >= 4 is 40.3 Å². The van der Waals surface area contributed by atoms with E-state index in [1.807, 2.05) is 53.4 Å². The number of nitrogens with zero attached hydrogens (tertiary/aromatic N) is 3. The number of rotatable bonds is 9. The van der Waals surface area contributed by atoms with Gasteiger partial charge in [0.25, 0.3) is 0 Å². The van der Waals surface area contributed by atoms with Crippen molar-refractivity contribution in [3.8, 4) is 22.6 Å². The topological polar surface area (TPSA) is 106 Å². The Labute approximate surface area is 232 Å². The molecule has 0 radical (unpaired) electrons. The van der Waals surface area contributed by atoms with Gasteiger partial charge >= 0.3 is 0 Å². The van der Waals surface area contributed by atoms with E-state index in [-0.39, 0.29) is 11.9 Å². The third-order valence-electron chi connectivity index (χ3n) is 7.11. The number of carbonyl (C=O) groups excluding carboxylic acids is 2. The van der Waals surface area contributed by atoms with Crippen molar-refractivity contribution in [1.29, 1.82) is 0 Å². The van der Waals surface area contributed by atoms with Gasteiger partial charge in [0, 0.05) is 36.1 Å². The van der Waals surface area contributed by atoms with Gasteiger partial charge in [0.15, 0.2) is 0 Å². The number of aromatic nitrogens is 2. The molecule has 0 atom stereocenters. The van der Waals surface area contributed by atoms with Crippen molar-refractivity contribution in [3.05, 3.63) is 79.1 Å². The number of likely N-dealkylation sites (tertiary alicyclic amines) is 1. The van der Waals surface area contributed by atoms with Crippen LogP contribution < -0.4 is 20.1 Å². The number of hydrogen-bond donors (Lipinski definition) is 2. The molecule has 3 aromatic carbocycles. The Kier molecular flexibility index (Phi) is 7.91. The Hall–Kier alpha value is -4.92. The summed E-state index contributed by atoms with van der Waals surface area (Å²) in [6.45, 7) is 4.92. The molecule has 5 rings (SSSR count). The van der Waals surface area contributed by atoms with E-state index in [1.54, 1.807) is 20.3 Å². The Morgan fingerprint density at radius 1 is 0.975 bits per heavy atom. The number of carbonyl (C=O) groups is 2. The van der Waals surface area contributed by atoms with Gasteiger partial charge in [-0.15, -0.1) is 0 Å². The largest absolute Gasteiger partial charge is 0.495 e. The highest BCUT2D eigenvalue weighted by Gasteiger charge is 2.23. The van der Waals surface area contributed by atoms with Gasteiger partial charge in [-0.1, -0.05) is 30.8 Å². The van der Waals surface area contributed by atoms with Crippen LogP contribution in [0.25, 0.3) is 22.0 Å². The maximum Gasteiger partial charge on any atom is 0.245 e. The molecule has 0 aliphatic carbocycles. The van der Waals surface area contributed by atoms with Crippen LogP contribution in [-0.2, 0) is 4.79 Å². The summed E-state index contributed by atoms with van der Waals surface area (Å²) in [7, 11) is 3.25. The quantitative estimate of drug-likeness (QED) is 0.214. The second kappa shape index (κ2) is 11.9. The molecule has 9 heteroatoms. The van der Waals surface area contributed by atoms with Crippen LogP contribution in [0.2, 0.25) is 0 Å². The minimum absolute atomic E-state index is 0.0365. The smallest absolute Gasteiger partial charge is 0.245 e. The third kappa shape index (κ3) is 5.58. The molecule has 40 heavy (non-hydrogen) atoms. The number of hydrogen-bond acceptors (Lipinski definition) is 8. The van der Waals surface area contributed by atoms with Gasteiger partial charge in [0.2, 0.25) is 5.91 Å². The molecule has 1 fully saturated rings. The van der Waals surface area contributed by atoms with Crippen LogP contribution in [0.1, 0.15) is 23.2 Å². The normalized spacial score (nSPS) is 13.5. The average molecular weight is 538 g/mol. The monoisotopic (exact) mass is 537 g/mol. The van der Waals surface area contributed by atoms with E-state index in [9.17, 15) is 9.59 Å². The SMILES string of the molecule is C=CC(=O)N1CCC(Nc2cc3c(Nc4cc(-c5cccc(C=O)c5)ccc4OC)ncnc3cc2OC)CC1. The molecule has 2 N–H and O–H groups in total. The van der Waals surface area contributed by atoms with Crippen LogP contribution in [-0.4, -0.2) is 60.4 Å². The third-order valence-corrected chi connectivity index (χ3v) is 7.11. The molecule has 4 aromatic rings. The summed E-state index contributed by atoms with van der Waals surface area (Å²) in [5.41, 5.74) is 4.72. The van der Waals surface area contributed by atoms with Crippen LogP contribution in [0.5, 0.6) is 11.5 Å². The van der Waals surface area contributed by atoms with Crippen molar-refractivity contribution in [2.24, 2.45) is 0 Å². The highest BCUT2D eigenvalue weighted by atomic mass is 16.5. The van der Waals surface area contributed by atoms with Gasteiger partial charge in [-0.3, -0.25) is 9.59 Å². The second-order valence-electron chi connectivity index (χ2n) is 9.52. The number of piperidine rings is 1. The predicted octanol–water partition coefficient (Wildman–Crippen LogP) is 5.46. The standard InChI is InChI=1S/C31H31N5O4/c1-4-30(38)36-12-10-23(11-13-36)34-27-16-24-25(17-29(27)40-3)32-19-33-31(24)35-26-15-22(8-9-28(26)39-2)21-7-5-6-20(14-21)18-37/h4-9,14-19,23,34H,1,10-13H2,2-3H3,(H,32,33,35). The van der Waals surface area contributed by atoms with Gasteiger partial charge in [-0.25, -0.2) is 9.97 Å². The maximum absolute atomic E-state index is 12.0. The highest BCUT2D eigenvalue weighted by Crippen LogP contribution is 2.37. The summed E-state index contributed by atoms with van der Waals surface area (Å²) in [5.74, 6) is 1.90. The number of aldehydes is 1. The number of ether oxygens (including phenoxy) is 2. The van der Waals surface area contributed by atoms with Crippen LogP contribution >= 0.6 is 0 Å². The van der Waals surface area contributed by atoms with Crippen molar-refractivity contribution in [1.82, 2.24) is 14.9 Å². The lowest BCUT2D eigenvalue weighted by Crippen LogP contribution is -2.41. The van der Waals surface area contributed by atoms with E-state index >= 15 is 0 Å². The van der Waals surface area contributed by atoms with E-state index in [2.05, 4.69) is 27.2 Å². The lowest BCUT2D eigenvalue weighted by molar-refractivity contribution is -0.126. The van der Waals surface area contributed by atoms with Gasteiger partial charge in [0.1, 0.15) is 29.9 Å². The first-order valence-electron chi connectivity index (χ1n) is 13.0. The molecule has 1 amide bonds. The van der Waals surface area contributed by atoms with Crippen molar-refractivity contribution < 1.29 is 19.1 Å². The Morgan fingerprint density at radius 3 is 2.48 bits per heavy atom. The Morgan fingerprint density at radius 2 is 1.75 bits per heavy atom. The number of fused-ring (bicyclic) bond motifs is 1. The molecule has 204 valence electrons. The molecule has 1 aromatic heterocycles. The molecule has 1 aliphatic heterocycles. The highest BCUT2D eigenvalue weighted by molar-refractivity contribution is 5.95. The zero-order valence-corrected chi connectivity index (χ0v) is 22.5. The molecule has 2 heterocycles. The van der Waals surface area contributed by atoms with Crippen molar-refractivity contribution in [2.75, 3.05) is 37.9 Å². The number of nitrogens with one attached hydrogen (secondary N) is 2. The fraction of sp³-hybridized carbons (Fsp3) is 0.226. The van der Waals surface area contributed by atoms with Gasteiger partial charge < -0.3 is 25.0 Å². The lowest BCUT2D eigenvalue weighted by Gasteiger charge is -2.32. The first kappa shape index (κ1) is 26.7. The number of methoxy groups -OCH3 is 2. The van der Waals surface area contributed by atoms with E-state index in [0.717, 1.165) is 52.5 Å². The minimum Gasteiger partial charge on any atom is -0.495 e.